The number of carbonyl (C=O) groups is 1. The lowest BCUT2D eigenvalue weighted by Crippen LogP contribution is -2.10. The van der Waals surface area contributed by atoms with Gasteiger partial charge < -0.3 is 9.84 Å². The van der Waals surface area contributed by atoms with Crippen molar-refractivity contribution in [2.75, 3.05) is 6.61 Å². The normalized spacial score (nSPS) is 13.1. The van der Waals surface area contributed by atoms with Gasteiger partial charge in [-0.25, -0.2) is 4.79 Å². The molecule has 19 heavy (non-hydrogen) atoms. The zero-order chi connectivity index (χ0) is 14.5. The number of rotatable bonds is 5. The fourth-order valence-corrected chi connectivity index (χ4v) is 1.52. The zero-order valence-electron chi connectivity index (χ0n) is 10.4. The maximum atomic E-state index is 12.0. The number of esters is 1. The summed E-state index contributed by atoms with van der Waals surface area (Å²) in [6.45, 7) is 1.92. The fraction of sp³-hybridized carbons (Fsp3) is 0.462. The summed E-state index contributed by atoms with van der Waals surface area (Å²) in [6, 6.07) is 5.69. The second kappa shape index (κ2) is 6.56. The number of ether oxygens (including phenoxy) is 1. The largest absolute Gasteiger partial charge is 0.462 e. The van der Waals surface area contributed by atoms with Gasteiger partial charge in [0.1, 0.15) is 0 Å². The molecule has 1 rings (SSSR count). The summed E-state index contributed by atoms with van der Waals surface area (Å²) in [6.07, 6.45) is -6.93. The lowest BCUT2D eigenvalue weighted by Gasteiger charge is -2.13. The maximum absolute atomic E-state index is 12.0. The van der Waals surface area contributed by atoms with Crippen molar-refractivity contribution >= 4 is 5.97 Å². The van der Waals surface area contributed by atoms with E-state index >= 15 is 0 Å². The summed E-state index contributed by atoms with van der Waals surface area (Å²) in [7, 11) is 0. The molecule has 0 radical (unpaired) electrons. The Bertz CT molecular complexity index is 412. The third-order valence-electron chi connectivity index (χ3n) is 2.51. The van der Waals surface area contributed by atoms with E-state index in [0.717, 1.165) is 0 Å². The topological polar surface area (TPSA) is 46.5 Å². The molecule has 0 saturated carbocycles. The standard InChI is InChI=1S/C13H15F3O3/c1-2-19-12(18)10-5-3-9(4-6-10)11(17)7-8-13(14,15)16/h3-6,11,17H,2,7-8H2,1H3. The van der Waals surface area contributed by atoms with Crippen molar-refractivity contribution in [2.24, 2.45) is 0 Å². The van der Waals surface area contributed by atoms with Crippen molar-refractivity contribution in [3.05, 3.63) is 35.4 Å². The van der Waals surface area contributed by atoms with E-state index < -0.39 is 31.1 Å². The molecule has 0 aliphatic rings. The summed E-state index contributed by atoms with van der Waals surface area (Å²) in [5.74, 6) is -0.501. The molecule has 0 aliphatic heterocycles. The van der Waals surface area contributed by atoms with Gasteiger partial charge in [-0.1, -0.05) is 12.1 Å². The van der Waals surface area contributed by atoms with E-state index in [9.17, 15) is 23.1 Å². The molecule has 0 fully saturated rings. The van der Waals surface area contributed by atoms with Gasteiger partial charge >= 0.3 is 12.1 Å². The van der Waals surface area contributed by atoms with Crippen LogP contribution in [0.4, 0.5) is 13.2 Å². The molecule has 0 aliphatic carbocycles. The van der Waals surface area contributed by atoms with Crippen LogP contribution in [-0.2, 0) is 4.74 Å². The molecule has 6 heteroatoms. The van der Waals surface area contributed by atoms with Crippen LogP contribution in [-0.4, -0.2) is 23.9 Å². The van der Waals surface area contributed by atoms with Crippen LogP contribution in [0.5, 0.6) is 0 Å². The van der Waals surface area contributed by atoms with Crippen LogP contribution in [0.2, 0.25) is 0 Å². The smallest absolute Gasteiger partial charge is 0.389 e. The van der Waals surface area contributed by atoms with Crippen LogP contribution >= 0.6 is 0 Å². The van der Waals surface area contributed by atoms with Crippen LogP contribution < -0.4 is 0 Å². The van der Waals surface area contributed by atoms with Gasteiger partial charge in [0.2, 0.25) is 0 Å². The Labute approximate surface area is 109 Å². The maximum Gasteiger partial charge on any atom is 0.389 e. The van der Waals surface area contributed by atoms with Crippen molar-refractivity contribution in [3.8, 4) is 0 Å². The van der Waals surface area contributed by atoms with Gasteiger partial charge in [0.15, 0.2) is 0 Å². The van der Waals surface area contributed by atoms with Gasteiger partial charge in [-0.15, -0.1) is 0 Å². The number of hydrogen-bond donors (Lipinski definition) is 1. The van der Waals surface area contributed by atoms with E-state index in [4.69, 9.17) is 4.74 Å². The molecule has 0 bridgehead atoms. The minimum Gasteiger partial charge on any atom is -0.462 e. The second-order valence-electron chi connectivity index (χ2n) is 4.01. The summed E-state index contributed by atoms with van der Waals surface area (Å²) < 4.78 is 40.8. The highest BCUT2D eigenvalue weighted by atomic mass is 19.4. The minimum absolute atomic E-state index is 0.245. The molecule has 0 aromatic heterocycles. The Morgan fingerprint density at radius 1 is 1.32 bits per heavy atom. The van der Waals surface area contributed by atoms with Gasteiger partial charge in [-0.3, -0.25) is 0 Å². The molecular formula is C13H15F3O3. The van der Waals surface area contributed by atoms with Crippen LogP contribution in [0.1, 0.15) is 41.8 Å². The number of benzene rings is 1. The van der Waals surface area contributed by atoms with Crippen LogP contribution in [0.25, 0.3) is 0 Å². The van der Waals surface area contributed by atoms with E-state index in [0.29, 0.717) is 11.1 Å². The number of halogens is 3. The van der Waals surface area contributed by atoms with Gasteiger partial charge in [-0.05, 0) is 31.0 Å². The molecule has 0 amide bonds. The van der Waals surface area contributed by atoms with Crippen molar-refractivity contribution in [1.29, 1.82) is 0 Å². The lowest BCUT2D eigenvalue weighted by atomic mass is 10.0. The molecule has 1 unspecified atom stereocenters. The quantitative estimate of drug-likeness (QED) is 0.840. The Morgan fingerprint density at radius 2 is 1.89 bits per heavy atom. The van der Waals surface area contributed by atoms with E-state index in [2.05, 4.69) is 0 Å². The SMILES string of the molecule is CCOC(=O)c1ccc(C(O)CCC(F)(F)F)cc1. The Hall–Kier alpha value is -1.56. The van der Waals surface area contributed by atoms with E-state index in [1.54, 1.807) is 6.92 Å². The minimum atomic E-state index is -4.29. The number of carbonyl (C=O) groups excluding carboxylic acids is 1. The van der Waals surface area contributed by atoms with Crippen molar-refractivity contribution in [3.63, 3.8) is 0 Å². The first-order valence-corrected chi connectivity index (χ1v) is 5.85. The predicted molar refractivity (Wildman–Crippen MR) is 62.6 cm³/mol. The molecule has 1 N–H and O–H groups in total. The highest BCUT2D eigenvalue weighted by molar-refractivity contribution is 5.89. The molecule has 3 nitrogen and oxygen atoms in total. The third-order valence-corrected chi connectivity index (χ3v) is 2.51. The van der Waals surface area contributed by atoms with Crippen LogP contribution in [0.3, 0.4) is 0 Å². The number of aliphatic hydroxyl groups is 1. The first-order chi connectivity index (χ1) is 8.83. The van der Waals surface area contributed by atoms with Crippen LogP contribution in [0, 0.1) is 0 Å². The summed E-state index contributed by atoms with van der Waals surface area (Å²) in [4.78, 5) is 11.3. The lowest BCUT2D eigenvalue weighted by molar-refractivity contribution is -0.140. The number of aliphatic hydroxyl groups excluding tert-OH is 1. The Morgan fingerprint density at radius 3 is 2.37 bits per heavy atom. The molecule has 1 atom stereocenters. The molecule has 0 spiro atoms. The van der Waals surface area contributed by atoms with E-state index in [1.165, 1.54) is 24.3 Å². The summed E-state index contributed by atoms with van der Waals surface area (Å²) in [5.41, 5.74) is 0.644. The first-order valence-electron chi connectivity index (χ1n) is 5.85. The van der Waals surface area contributed by atoms with Gasteiger partial charge in [0.25, 0.3) is 0 Å². The number of hydrogen-bond acceptors (Lipinski definition) is 3. The third kappa shape index (κ3) is 5.30. The highest BCUT2D eigenvalue weighted by Crippen LogP contribution is 2.27. The predicted octanol–water partition coefficient (Wildman–Crippen LogP) is 3.24. The van der Waals surface area contributed by atoms with Gasteiger partial charge in [0, 0.05) is 6.42 Å². The summed E-state index contributed by atoms with van der Waals surface area (Å²) in [5, 5.41) is 9.60. The zero-order valence-corrected chi connectivity index (χ0v) is 10.4. The van der Waals surface area contributed by atoms with Crippen LogP contribution in [0.15, 0.2) is 24.3 Å². The molecule has 106 valence electrons. The summed E-state index contributed by atoms with van der Waals surface area (Å²) >= 11 is 0. The van der Waals surface area contributed by atoms with E-state index in [-0.39, 0.29) is 6.61 Å². The molecule has 1 aromatic rings. The van der Waals surface area contributed by atoms with Crippen molar-refractivity contribution < 1.29 is 27.8 Å². The van der Waals surface area contributed by atoms with Gasteiger partial charge in [0.05, 0.1) is 18.3 Å². The van der Waals surface area contributed by atoms with E-state index in [1.807, 2.05) is 0 Å². The Kier molecular flexibility index (Phi) is 5.35. The fourth-order valence-electron chi connectivity index (χ4n) is 1.52. The van der Waals surface area contributed by atoms with Gasteiger partial charge in [-0.2, -0.15) is 13.2 Å². The monoisotopic (exact) mass is 276 g/mol. The molecule has 0 heterocycles. The molecule has 1 aromatic carbocycles. The highest BCUT2D eigenvalue weighted by Gasteiger charge is 2.28. The molecule has 0 saturated heterocycles. The number of alkyl halides is 3. The second-order valence-corrected chi connectivity index (χ2v) is 4.01. The molecular weight excluding hydrogens is 261 g/mol. The Balaban J connectivity index is 2.63. The van der Waals surface area contributed by atoms with Crippen molar-refractivity contribution in [2.45, 2.75) is 32.0 Å². The average molecular weight is 276 g/mol. The van der Waals surface area contributed by atoms with Crippen molar-refractivity contribution in [1.82, 2.24) is 0 Å². The average Bonchev–Trinajstić information content (AvgIpc) is 2.35. The first kappa shape index (κ1) is 15.5.